The van der Waals surface area contributed by atoms with E-state index in [0.29, 0.717) is 0 Å². The second kappa shape index (κ2) is 4.68. The quantitative estimate of drug-likeness (QED) is 0.263. The summed E-state index contributed by atoms with van der Waals surface area (Å²) >= 11 is 6.02. The third-order valence-electron chi connectivity index (χ3n) is 3.67. The van der Waals surface area contributed by atoms with E-state index < -0.39 is 35.9 Å². The van der Waals surface area contributed by atoms with Crippen molar-refractivity contribution in [2.45, 2.75) is 29.3 Å². The lowest BCUT2D eigenvalue weighted by Crippen LogP contribution is -2.66. The average molecular weight is 319 g/mol. The first-order valence-electron chi connectivity index (χ1n) is 6.17. The molecule has 0 spiro atoms. The van der Waals surface area contributed by atoms with E-state index in [1.165, 1.54) is 4.90 Å². The van der Waals surface area contributed by atoms with Crippen molar-refractivity contribution < 1.29 is 20.1 Å². The second-order valence-electron chi connectivity index (χ2n) is 4.97. The molecule has 1 saturated heterocycles. The monoisotopic (exact) mass is 318 g/mol. The number of aliphatic hydroxyl groups excluding tert-OH is 3. The predicted molar refractivity (Wildman–Crippen MR) is 73.7 cm³/mol. The summed E-state index contributed by atoms with van der Waals surface area (Å²) in [7, 11) is 0. The highest BCUT2D eigenvalue weighted by molar-refractivity contribution is 6.56. The van der Waals surface area contributed by atoms with Crippen LogP contribution in [0.3, 0.4) is 0 Å². The van der Waals surface area contributed by atoms with Gasteiger partial charge in [0.2, 0.25) is 11.0 Å². The van der Waals surface area contributed by atoms with Crippen molar-refractivity contribution >= 4 is 29.5 Å². The van der Waals surface area contributed by atoms with Crippen LogP contribution >= 0.6 is 11.6 Å². The van der Waals surface area contributed by atoms with Crippen LogP contribution < -0.4 is 11.5 Å². The molecule has 3 rings (SSSR count). The van der Waals surface area contributed by atoms with Crippen molar-refractivity contribution in [1.29, 1.82) is 0 Å². The fourth-order valence-corrected chi connectivity index (χ4v) is 2.70. The number of ether oxygens (including phenoxy) is 1. The lowest BCUT2D eigenvalue weighted by atomic mass is 10.1. The first kappa shape index (κ1) is 14.8. The molecule has 0 aromatic rings. The van der Waals surface area contributed by atoms with E-state index in [4.69, 9.17) is 32.9 Å². The zero-order chi connectivity index (χ0) is 15.4. The second-order valence-corrected chi connectivity index (χ2v) is 5.55. The number of fused-ring (bicyclic) bond motifs is 1. The van der Waals surface area contributed by atoms with Crippen molar-refractivity contribution in [3.8, 4) is 0 Å². The molecule has 1 unspecified atom stereocenters. The summed E-state index contributed by atoms with van der Waals surface area (Å²) in [5, 5.41) is 27.6. The van der Waals surface area contributed by atoms with Gasteiger partial charge in [-0.25, -0.2) is 9.98 Å². The SMILES string of the molecule is NC1(Cl)N=CN=C2C1=NCN2[C@]1(N)O[C@H](CO)[C@@H](O)[C@H]1O. The molecule has 11 heteroatoms. The molecule has 3 aliphatic rings. The van der Waals surface area contributed by atoms with E-state index in [9.17, 15) is 10.2 Å². The van der Waals surface area contributed by atoms with Crippen LogP contribution in [-0.2, 0) is 4.74 Å². The standard InChI is InChI=1S/C10H15ClN6O4/c11-9(12)6-8(14-2-16-9)17(3-15-6)10(13)7(20)5(19)4(1-18)21-10/h2,4-5,7,18-20H,1,3,12-13H2/t4-,5-,7-,9?,10+/m1/s1. The fraction of sp³-hybridized carbons (Fsp3) is 0.700. The zero-order valence-electron chi connectivity index (χ0n) is 10.8. The van der Waals surface area contributed by atoms with Gasteiger partial charge >= 0.3 is 0 Å². The molecule has 5 atom stereocenters. The number of aliphatic imine (C=N–C) groups is 3. The minimum Gasteiger partial charge on any atom is -0.394 e. The van der Waals surface area contributed by atoms with Gasteiger partial charge in [-0.3, -0.25) is 21.4 Å². The number of hydrogen-bond acceptors (Lipinski definition) is 10. The number of halogens is 1. The minimum absolute atomic E-state index is 0.0262. The molecule has 0 bridgehead atoms. The predicted octanol–water partition coefficient (Wildman–Crippen LogP) is -3.28. The summed E-state index contributed by atoms with van der Waals surface area (Å²) in [6.07, 6.45) is -2.69. The maximum Gasteiger partial charge on any atom is 0.232 e. The Bertz CT molecular complexity index is 552. The van der Waals surface area contributed by atoms with Crippen LogP contribution in [-0.4, -0.2) is 80.7 Å². The Morgan fingerprint density at radius 3 is 2.81 bits per heavy atom. The summed E-state index contributed by atoms with van der Waals surface area (Å²) < 4.78 is 5.39. The molecule has 0 radical (unpaired) electrons. The van der Waals surface area contributed by atoms with Crippen molar-refractivity contribution in [1.82, 2.24) is 4.90 Å². The maximum absolute atomic E-state index is 10.1. The number of nitrogens with two attached hydrogens (primary N) is 2. The number of nitrogens with zero attached hydrogens (tertiary/aromatic N) is 4. The molecular formula is C10H15ClN6O4. The minimum atomic E-state index is -1.81. The Kier molecular flexibility index (Phi) is 3.29. The Balaban J connectivity index is 1.93. The molecule has 21 heavy (non-hydrogen) atoms. The van der Waals surface area contributed by atoms with Crippen LogP contribution in [0, 0.1) is 0 Å². The van der Waals surface area contributed by atoms with Crippen molar-refractivity contribution in [2.24, 2.45) is 26.4 Å². The van der Waals surface area contributed by atoms with Gasteiger partial charge in [0, 0.05) is 0 Å². The third-order valence-corrected chi connectivity index (χ3v) is 3.94. The van der Waals surface area contributed by atoms with Gasteiger partial charge in [-0.1, -0.05) is 11.6 Å². The number of amidine groups is 1. The van der Waals surface area contributed by atoms with E-state index in [1.54, 1.807) is 0 Å². The third kappa shape index (κ3) is 1.99. The molecular weight excluding hydrogens is 304 g/mol. The molecule has 3 heterocycles. The van der Waals surface area contributed by atoms with Gasteiger partial charge in [0.05, 0.1) is 6.61 Å². The average Bonchev–Trinajstić information content (AvgIpc) is 2.96. The number of alkyl halides is 1. The highest BCUT2D eigenvalue weighted by Gasteiger charge is 2.58. The van der Waals surface area contributed by atoms with Gasteiger partial charge in [-0.05, 0) is 0 Å². The molecule has 3 aliphatic heterocycles. The summed E-state index contributed by atoms with van der Waals surface area (Å²) in [6, 6.07) is 0. The molecule has 7 N–H and O–H groups in total. The van der Waals surface area contributed by atoms with Crippen LogP contribution in [0.15, 0.2) is 15.0 Å². The Morgan fingerprint density at radius 1 is 1.48 bits per heavy atom. The van der Waals surface area contributed by atoms with E-state index in [1.807, 2.05) is 0 Å². The largest absolute Gasteiger partial charge is 0.394 e. The topological polar surface area (TPSA) is 162 Å². The number of hydrogen-bond donors (Lipinski definition) is 5. The van der Waals surface area contributed by atoms with Crippen LogP contribution in [0.25, 0.3) is 0 Å². The van der Waals surface area contributed by atoms with Crippen molar-refractivity contribution in [3.05, 3.63) is 0 Å². The van der Waals surface area contributed by atoms with Crippen LogP contribution in [0.2, 0.25) is 0 Å². The Hall–Kier alpha value is -1.14. The smallest absolute Gasteiger partial charge is 0.232 e. The lowest BCUT2D eigenvalue weighted by molar-refractivity contribution is -0.156. The Labute approximate surface area is 124 Å². The summed E-state index contributed by atoms with van der Waals surface area (Å²) in [4.78, 5) is 13.2. The van der Waals surface area contributed by atoms with Crippen molar-refractivity contribution in [2.75, 3.05) is 13.3 Å². The van der Waals surface area contributed by atoms with E-state index >= 15 is 0 Å². The number of aliphatic hydroxyl groups is 3. The van der Waals surface area contributed by atoms with Crippen LogP contribution in [0.1, 0.15) is 0 Å². The number of rotatable bonds is 2. The van der Waals surface area contributed by atoms with E-state index in [2.05, 4.69) is 15.0 Å². The highest BCUT2D eigenvalue weighted by atomic mass is 35.5. The molecule has 0 amide bonds. The molecule has 10 nitrogen and oxygen atoms in total. The molecule has 0 aromatic heterocycles. The van der Waals surface area contributed by atoms with Gasteiger partial charge in [0.25, 0.3) is 0 Å². The van der Waals surface area contributed by atoms with Gasteiger partial charge in [0.1, 0.15) is 37.0 Å². The molecule has 116 valence electrons. The van der Waals surface area contributed by atoms with Crippen LogP contribution in [0.5, 0.6) is 0 Å². The molecule has 1 fully saturated rings. The van der Waals surface area contributed by atoms with E-state index in [-0.39, 0.29) is 18.2 Å². The maximum atomic E-state index is 10.1. The normalized spacial score (nSPS) is 45.6. The highest BCUT2D eigenvalue weighted by Crippen LogP contribution is 2.34. The van der Waals surface area contributed by atoms with Gasteiger partial charge < -0.3 is 20.1 Å². The summed E-state index contributed by atoms with van der Waals surface area (Å²) in [5.41, 5.74) is 12.0. The fourth-order valence-electron chi connectivity index (χ4n) is 2.51. The Morgan fingerprint density at radius 2 is 2.19 bits per heavy atom. The van der Waals surface area contributed by atoms with E-state index in [0.717, 1.165) is 6.34 Å². The van der Waals surface area contributed by atoms with Gasteiger partial charge in [-0.2, -0.15) is 0 Å². The molecule has 0 aromatic carbocycles. The summed E-state index contributed by atoms with van der Waals surface area (Å²) in [5.74, 6) is -1.61. The molecule has 0 aliphatic carbocycles. The first-order chi connectivity index (χ1) is 9.81. The first-order valence-corrected chi connectivity index (χ1v) is 6.55. The van der Waals surface area contributed by atoms with Gasteiger partial charge in [-0.15, -0.1) is 0 Å². The lowest BCUT2D eigenvalue weighted by Gasteiger charge is -2.38. The van der Waals surface area contributed by atoms with Crippen LogP contribution in [0.4, 0.5) is 0 Å². The summed E-state index contributed by atoms with van der Waals surface area (Å²) in [6.45, 7) is -0.523. The molecule has 0 saturated carbocycles. The van der Waals surface area contributed by atoms with Gasteiger partial charge in [0.15, 0.2) is 5.84 Å². The zero-order valence-corrected chi connectivity index (χ0v) is 11.6. The van der Waals surface area contributed by atoms with Crippen molar-refractivity contribution in [3.63, 3.8) is 0 Å².